The van der Waals surface area contributed by atoms with Crippen LogP contribution < -0.4 is 5.73 Å². The molecule has 0 atom stereocenters. The standard InChI is InChI=1S/C23H41NO10S/c1-22-2-4-23(5-3-22)35(25,26)34-21-20-33-19-18-32-17-16-31-15-14-30-13-12-29-11-10-28-9-8-27-7-6-24/h2-5H,6-21,24H2,1H3. The van der Waals surface area contributed by atoms with E-state index in [2.05, 4.69) is 0 Å². The summed E-state index contributed by atoms with van der Waals surface area (Å²) in [6, 6.07) is 6.48. The van der Waals surface area contributed by atoms with Gasteiger partial charge in [0.05, 0.1) is 104 Å². The monoisotopic (exact) mass is 523 g/mol. The van der Waals surface area contributed by atoms with Gasteiger partial charge in [-0.2, -0.15) is 8.42 Å². The van der Waals surface area contributed by atoms with Gasteiger partial charge in [0, 0.05) is 6.54 Å². The van der Waals surface area contributed by atoms with Crippen molar-refractivity contribution in [2.24, 2.45) is 5.73 Å². The molecule has 11 nitrogen and oxygen atoms in total. The Labute approximate surface area is 209 Å². The molecule has 0 saturated heterocycles. The number of hydrogen-bond acceptors (Lipinski definition) is 11. The summed E-state index contributed by atoms with van der Waals surface area (Å²) in [5, 5.41) is 0. The lowest BCUT2D eigenvalue weighted by Gasteiger charge is -2.09. The van der Waals surface area contributed by atoms with Gasteiger partial charge in [-0.25, -0.2) is 0 Å². The Morgan fingerprint density at radius 3 is 1.20 bits per heavy atom. The van der Waals surface area contributed by atoms with Crippen LogP contribution in [0.1, 0.15) is 5.56 Å². The van der Waals surface area contributed by atoms with Crippen molar-refractivity contribution in [2.45, 2.75) is 11.8 Å². The van der Waals surface area contributed by atoms with Crippen molar-refractivity contribution in [3.8, 4) is 0 Å². The maximum absolute atomic E-state index is 12.0. The zero-order chi connectivity index (χ0) is 25.5. The molecular formula is C23H41NO10S. The second-order valence-electron chi connectivity index (χ2n) is 7.16. The molecule has 1 aromatic carbocycles. The van der Waals surface area contributed by atoms with E-state index in [-0.39, 0.29) is 18.1 Å². The van der Waals surface area contributed by atoms with Crippen LogP contribution in [0.3, 0.4) is 0 Å². The fraction of sp³-hybridized carbons (Fsp3) is 0.739. The SMILES string of the molecule is Cc1ccc(S(=O)(=O)OCCOCCOCCOCCOCCOCCOCCOCCN)cc1. The minimum Gasteiger partial charge on any atom is -0.378 e. The fourth-order valence-electron chi connectivity index (χ4n) is 2.48. The third-order valence-corrected chi connectivity index (χ3v) is 5.60. The van der Waals surface area contributed by atoms with Crippen molar-refractivity contribution < 1.29 is 45.8 Å². The maximum Gasteiger partial charge on any atom is 0.297 e. The van der Waals surface area contributed by atoms with Crippen LogP contribution in [-0.2, 0) is 47.5 Å². The molecule has 0 aromatic heterocycles. The molecule has 2 N–H and O–H groups in total. The summed E-state index contributed by atoms with van der Waals surface area (Å²) >= 11 is 0. The summed E-state index contributed by atoms with van der Waals surface area (Å²) in [5.74, 6) is 0. The third kappa shape index (κ3) is 18.7. The Bertz CT molecular complexity index is 703. The molecule has 204 valence electrons. The average Bonchev–Trinajstić information content (AvgIpc) is 2.84. The summed E-state index contributed by atoms with van der Waals surface area (Å²) in [7, 11) is -3.76. The van der Waals surface area contributed by atoms with E-state index in [1.54, 1.807) is 12.1 Å². The lowest BCUT2D eigenvalue weighted by atomic mass is 10.2. The molecule has 0 aliphatic carbocycles. The van der Waals surface area contributed by atoms with Gasteiger partial charge in [0.2, 0.25) is 0 Å². The lowest BCUT2D eigenvalue weighted by Crippen LogP contribution is -2.15. The molecule has 0 unspecified atom stereocenters. The van der Waals surface area contributed by atoms with Crippen molar-refractivity contribution in [2.75, 3.05) is 106 Å². The molecule has 0 radical (unpaired) electrons. The van der Waals surface area contributed by atoms with Crippen molar-refractivity contribution in [1.29, 1.82) is 0 Å². The number of hydrogen-bond donors (Lipinski definition) is 1. The highest BCUT2D eigenvalue weighted by Gasteiger charge is 2.14. The molecule has 0 heterocycles. The first-order chi connectivity index (χ1) is 17.1. The number of rotatable bonds is 25. The van der Waals surface area contributed by atoms with Crippen LogP contribution in [0.5, 0.6) is 0 Å². The molecule has 1 aromatic rings. The largest absolute Gasteiger partial charge is 0.378 e. The molecule has 0 amide bonds. The van der Waals surface area contributed by atoms with E-state index < -0.39 is 10.1 Å². The molecule has 12 heteroatoms. The lowest BCUT2D eigenvalue weighted by molar-refractivity contribution is -0.0209. The summed E-state index contributed by atoms with van der Waals surface area (Å²) in [5.41, 5.74) is 6.29. The predicted molar refractivity (Wildman–Crippen MR) is 129 cm³/mol. The average molecular weight is 524 g/mol. The van der Waals surface area contributed by atoms with Crippen LogP contribution in [-0.4, -0.2) is 114 Å². The van der Waals surface area contributed by atoms with Crippen LogP contribution in [0.25, 0.3) is 0 Å². The van der Waals surface area contributed by atoms with Gasteiger partial charge in [0.15, 0.2) is 0 Å². The van der Waals surface area contributed by atoms with Crippen LogP contribution in [0.15, 0.2) is 29.2 Å². The van der Waals surface area contributed by atoms with Gasteiger partial charge < -0.3 is 38.9 Å². The summed E-state index contributed by atoms with van der Waals surface area (Å²) in [4.78, 5) is 0.132. The number of aryl methyl sites for hydroxylation is 1. The molecule has 0 aliphatic heterocycles. The van der Waals surface area contributed by atoms with Gasteiger partial charge in [-0.3, -0.25) is 4.18 Å². The van der Waals surface area contributed by atoms with Crippen LogP contribution in [0.2, 0.25) is 0 Å². The molecule has 0 bridgehead atoms. The van der Waals surface area contributed by atoms with E-state index in [0.717, 1.165) is 5.56 Å². The van der Waals surface area contributed by atoms with Gasteiger partial charge in [0.1, 0.15) is 0 Å². The minimum absolute atomic E-state index is 0.0524. The Hall–Kier alpha value is -1.19. The highest BCUT2D eigenvalue weighted by atomic mass is 32.2. The first-order valence-corrected chi connectivity index (χ1v) is 13.2. The van der Waals surface area contributed by atoms with Gasteiger partial charge in [0.25, 0.3) is 10.1 Å². The molecular weight excluding hydrogens is 482 g/mol. The summed E-state index contributed by atoms with van der Waals surface area (Å²) in [6.07, 6.45) is 0. The quantitative estimate of drug-likeness (QED) is 0.144. The predicted octanol–water partition coefficient (Wildman–Crippen LogP) is 0.775. The molecule has 0 fully saturated rings. The second kappa shape index (κ2) is 22.0. The third-order valence-electron chi connectivity index (χ3n) is 4.27. The zero-order valence-corrected chi connectivity index (χ0v) is 21.5. The van der Waals surface area contributed by atoms with Gasteiger partial charge in [-0.05, 0) is 19.1 Å². The maximum atomic E-state index is 12.0. The van der Waals surface area contributed by atoms with Gasteiger partial charge in [-0.15, -0.1) is 0 Å². The fourth-order valence-corrected chi connectivity index (χ4v) is 3.37. The van der Waals surface area contributed by atoms with E-state index >= 15 is 0 Å². The van der Waals surface area contributed by atoms with Crippen LogP contribution in [0.4, 0.5) is 0 Å². The van der Waals surface area contributed by atoms with E-state index in [1.165, 1.54) is 12.1 Å². The Morgan fingerprint density at radius 1 is 0.543 bits per heavy atom. The molecule has 1 rings (SSSR count). The van der Waals surface area contributed by atoms with Crippen molar-refractivity contribution in [3.63, 3.8) is 0 Å². The van der Waals surface area contributed by atoms with Crippen molar-refractivity contribution >= 4 is 10.1 Å². The van der Waals surface area contributed by atoms with Crippen LogP contribution >= 0.6 is 0 Å². The molecule has 0 aliphatic rings. The van der Waals surface area contributed by atoms with Crippen molar-refractivity contribution in [3.05, 3.63) is 29.8 Å². The van der Waals surface area contributed by atoms with Gasteiger partial charge >= 0.3 is 0 Å². The van der Waals surface area contributed by atoms with Crippen molar-refractivity contribution in [1.82, 2.24) is 0 Å². The van der Waals surface area contributed by atoms with Gasteiger partial charge in [-0.1, -0.05) is 17.7 Å². The number of nitrogens with two attached hydrogens (primary N) is 1. The first kappa shape index (κ1) is 31.8. The summed E-state index contributed by atoms with van der Waals surface area (Å²) < 4.78 is 66.4. The normalized spacial score (nSPS) is 11.8. The highest BCUT2D eigenvalue weighted by Crippen LogP contribution is 2.12. The van der Waals surface area contributed by atoms with Crippen LogP contribution in [0, 0.1) is 6.92 Å². The highest BCUT2D eigenvalue weighted by molar-refractivity contribution is 7.86. The number of benzene rings is 1. The topological polar surface area (TPSA) is 134 Å². The molecule has 0 saturated carbocycles. The Morgan fingerprint density at radius 2 is 0.857 bits per heavy atom. The van der Waals surface area contributed by atoms with E-state index in [9.17, 15) is 8.42 Å². The minimum atomic E-state index is -3.76. The zero-order valence-electron chi connectivity index (χ0n) is 20.7. The Balaban J connectivity index is 1.76. The molecule has 0 spiro atoms. The summed E-state index contributed by atoms with van der Waals surface area (Å²) in [6.45, 7) is 8.70. The first-order valence-electron chi connectivity index (χ1n) is 11.8. The second-order valence-corrected chi connectivity index (χ2v) is 8.78. The van der Waals surface area contributed by atoms with E-state index in [4.69, 9.17) is 43.1 Å². The number of ether oxygens (including phenoxy) is 7. The smallest absolute Gasteiger partial charge is 0.297 e. The van der Waals surface area contributed by atoms with E-state index in [0.29, 0.717) is 92.4 Å². The van der Waals surface area contributed by atoms with E-state index in [1.807, 2.05) is 6.92 Å². The Kier molecular flexibility index (Phi) is 20.1. The molecule has 35 heavy (non-hydrogen) atoms.